The molecule has 27 nitrogen and oxygen atoms in total. The van der Waals surface area contributed by atoms with Gasteiger partial charge in [0, 0.05) is 75.8 Å². The molecule has 0 atom stereocenters. The molecule has 0 saturated carbocycles. The Bertz CT molecular complexity index is 4840. The smallest absolute Gasteiger partial charge is 0.331 e. The molecule has 7 aromatic rings. The van der Waals surface area contributed by atoms with E-state index >= 15 is 0 Å². The number of carbonyl (C=O) groups excluding carboxylic acids is 7. The van der Waals surface area contributed by atoms with Gasteiger partial charge in [-0.3, -0.25) is 28.8 Å². The fourth-order valence-corrected chi connectivity index (χ4v) is 10.1. The molecule has 0 radical (unpaired) electrons. The molecule has 0 bridgehead atoms. The molecule has 1 heterocycles. The number of esters is 6. The lowest BCUT2D eigenvalue weighted by atomic mass is 9.85. The highest BCUT2D eigenvalue weighted by Gasteiger charge is 2.27. The van der Waals surface area contributed by atoms with E-state index in [1.165, 1.54) is 115 Å². The van der Waals surface area contributed by atoms with Gasteiger partial charge in [0.25, 0.3) is 0 Å². The maximum atomic E-state index is 11.3. The van der Waals surface area contributed by atoms with E-state index in [4.69, 9.17) is 63.8 Å². The van der Waals surface area contributed by atoms with Crippen LogP contribution in [0.4, 0.5) is 0 Å². The van der Waals surface area contributed by atoms with Crippen molar-refractivity contribution >= 4 is 54.2 Å². The Morgan fingerprint density at radius 2 is 0.812 bits per heavy atom. The lowest BCUT2D eigenvalue weighted by molar-refractivity contribution is -0.141. The molecule has 0 amide bonds. The van der Waals surface area contributed by atoms with Crippen molar-refractivity contribution in [2.24, 2.45) is 10.3 Å². The van der Waals surface area contributed by atoms with Crippen molar-refractivity contribution in [3.05, 3.63) is 216 Å². The first kappa shape index (κ1) is 99.4. The molecule has 624 valence electrons. The number of benzene rings is 7. The summed E-state index contributed by atoms with van der Waals surface area (Å²) in [5.41, 5.74) is 5.12. The Hall–Kier alpha value is -13.7. The Morgan fingerprint density at radius 3 is 1.27 bits per heavy atom. The molecule has 0 fully saturated rings. The molecule has 1 aliphatic heterocycles. The Labute approximate surface area is 683 Å². The van der Waals surface area contributed by atoms with Crippen molar-refractivity contribution in [1.29, 1.82) is 10.5 Å². The Balaban J connectivity index is 0.000000467. The van der Waals surface area contributed by atoms with Crippen LogP contribution in [0.1, 0.15) is 181 Å². The second-order valence-corrected chi connectivity index (χ2v) is 28.6. The monoisotopic (exact) mass is 1610 g/mol. The van der Waals surface area contributed by atoms with Crippen LogP contribution in [0.2, 0.25) is 0 Å². The number of allylic oxidation sites excluding steroid dienone is 4. The number of rotatable bonds is 23. The summed E-state index contributed by atoms with van der Waals surface area (Å²) in [4.78, 5) is 82.0. The van der Waals surface area contributed by atoms with Gasteiger partial charge in [-0.05, 0) is 165 Å². The number of aryl methyl sites for hydroxylation is 1. The van der Waals surface area contributed by atoms with E-state index in [1.807, 2.05) is 58.0 Å². The molecule has 7 N–H and O–H groups in total. The zero-order valence-corrected chi connectivity index (χ0v) is 69.5. The number of nitrogens with zero attached hydrogens (tertiary/aromatic N) is 4. The van der Waals surface area contributed by atoms with Crippen molar-refractivity contribution < 1.29 is 112 Å². The van der Waals surface area contributed by atoms with Crippen LogP contribution in [0.15, 0.2) is 176 Å². The summed E-state index contributed by atoms with van der Waals surface area (Å²) in [7, 11) is 0. The number of ether oxygens (including phenoxy) is 8. The number of carbonyl (C=O) groups is 7. The van der Waals surface area contributed by atoms with Crippen LogP contribution >= 0.6 is 0 Å². The van der Waals surface area contributed by atoms with Crippen molar-refractivity contribution in [3.63, 3.8) is 0 Å². The standard InChI is InChI=1S/C16H19NO6.C16H18O4.C14H15NO4.C12H14O2.C12H16O2.C10H13NO3.C10H11NO2/c1-10(18)21-14-7-6-13(8-15(14)22-11(2)19)16(4,5)9-17-23-12(3)20;1-5-7-13-9-10-15(19-11(3)17)16(20-12(4)18)14(13)8-6-2;1-9(16)18-12-6-5-11(14(3,4)8-15)7-13(12)19-10(2)17;1-4-12(2,3)9-5-6-10-11(7-9)14-8-13-10;1-3-5-9-7-8-11(13)12(14)10(9)6-4-2;1-10(2,6-11-14)7-3-4-8(12)9(13)5-7;1-10(2,6-11)7-3-4-8(12)9(13)5-7/h6-9H,1-5H3;5-6,9-10H,1-2,7-8H2,3-4H3;5-7H,1-4H3;4-7H,1,8H2,2-3H3;4,7-8,13-14H,2-3,5-6H2,1H3;3-6,12-14H,1-2H3;3-5,12-13H,1-2H3/b17-9+;;;;;11-6-;. The van der Waals surface area contributed by atoms with Gasteiger partial charge in [-0.2, -0.15) is 10.5 Å². The van der Waals surface area contributed by atoms with E-state index in [0.717, 1.165) is 57.7 Å². The fourth-order valence-electron chi connectivity index (χ4n) is 10.1. The van der Waals surface area contributed by atoms with E-state index in [1.54, 1.807) is 82.3 Å². The highest BCUT2D eigenvalue weighted by Crippen LogP contribution is 2.41. The Morgan fingerprint density at radius 1 is 0.427 bits per heavy atom. The van der Waals surface area contributed by atoms with Crippen LogP contribution in [-0.2, 0) is 91.2 Å². The number of hydrogen-bond donors (Lipinski definition) is 7. The van der Waals surface area contributed by atoms with Crippen LogP contribution in [-0.4, -0.2) is 96.9 Å². The number of fused-ring (bicyclic) bond motifs is 1. The predicted octanol–water partition coefficient (Wildman–Crippen LogP) is 17.1. The summed E-state index contributed by atoms with van der Waals surface area (Å²) in [5, 5.41) is 88.5. The molecular weight excluding hydrogens is 1500 g/mol. The molecule has 0 aliphatic carbocycles. The van der Waals surface area contributed by atoms with Gasteiger partial charge in [-0.25, -0.2) is 4.79 Å². The predicted molar refractivity (Wildman–Crippen MR) is 442 cm³/mol. The van der Waals surface area contributed by atoms with Crippen molar-refractivity contribution in [3.8, 4) is 92.6 Å². The lowest BCUT2D eigenvalue weighted by Crippen LogP contribution is -2.20. The molecule has 0 spiro atoms. The van der Waals surface area contributed by atoms with Gasteiger partial charge < -0.3 is 78.6 Å². The third kappa shape index (κ3) is 32.7. The molecule has 1 aliphatic rings. The van der Waals surface area contributed by atoms with Crippen LogP contribution in [0.5, 0.6) is 80.5 Å². The maximum Gasteiger partial charge on any atom is 0.331 e. The number of nitriles is 2. The minimum atomic E-state index is -0.732. The first-order valence-electron chi connectivity index (χ1n) is 36.4. The van der Waals surface area contributed by atoms with E-state index in [-0.39, 0.29) is 74.4 Å². The summed E-state index contributed by atoms with van der Waals surface area (Å²) >= 11 is 0. The Kier molecular flexibility index (Phi) is 39.5. The number of phenolic OH excluding ortho intramolecular Hbond substituents is 6. The number of aromatic hydroxyl groups is 6. The second-order valence-electron chi connectivity index (χ2n) is 28.6. The van der Waals surface area contributed by atoms with Gasteiger partial charge >= 0.3 is 41.8 Å². The molecule has 0 aromatic heterocycles. The molecule has 0 unspecified atom stereocenters. The van der Waals surface area contributed by atoms with Gasteiger partial charge in [0.15, 0.2) is 80.5 Å². The normalized spacial score (nSPS) is 11.1. The third-order valence-electron chi connectivity index (χ3n) is 16.7. The van der Waals surface area contributed by atoms with E-state index in [0.29, 0.717) is 37.2 Å². The highest BCUT2D eigenvalue weighted by atomic mass is 16.7. The number of oxime groups is 2. The molecule has 7 aromatic carbocycles. The van der Waals surface area contributed by atoms with Crippen molar-refractivity contribution in [2.75, 3.05) is 6.79 Å². The van der Waals surface area contributed by atoms with Gasteiger partial charge in [0.2, 0.25) is 6.79 Å². The number of hydrogen-bond acceptors (Lipinski definition) is 27. The van der Waals surface area contributed by atoms with Crippen LogP contribution in [0, 0.1) is 22.7 Å². The average molecular weight is 1610 g/mol. The van der Waals surface area contributed by atoms with Crippen LogP contribution < -0.4 is 37.9 Å². The SMILES string of the molecule is C=CC(C)(C)c1ccc2c(c1)OCO2.C=CCc1c(CCC)ccc(O)c1O.C=CCc1ccc(OC(C)=O)c(OC(C)=O)c1CC=C.CC(=O)O/N=C/C(C)(C)c1ccc(OC(C)=O)c(OC(C)=O)c1.CC(=O)Oc1ccc(C(C)(C)C#N)cc1OC(C)=O.CC(C)(/C=N\O)c1ccc(O)c(O)c1.CC(C)(C#N)c1ccc(O)c(O)c1. The fraction of sp³-hybridized carbons (Fsp3) is 0.322. The summed E-state index contributed by atoms with van der Waals surface area (Å²) in [5.74, 6) is -1.63. The van der Waals surface area contributed by atoms with Gasteiger partial charge in [-0.15, -0.1) is 31.5 Å². The molecular formula is C90H106N4O23. The van der Waals surface area contributed by atoms with E-state index in [2.05, 4.69) is 80.4 Å². The van der Waals surface area contributed by atoms with Gasteiger partial charge in [0.05, 0.1) is 35.4 Å². The van der Waals surface area contributed by atoms with Crippen molar-refractivity contribution in [2.45, 2.75) is 184 Å². The summed E-state index contributed by atoms with van der Waals surface area (Å²) < 4.78 is 40.9. The van der Waals surface area contributed by atoms with Crippen molar-refractivity contribution in [1.82, 2.24) is 0 Å². The average Bonchev–Trinajstić information content (AvgIpc) is 1.82. The molecule has 8 rings (SSSR count). The summed E-state index contributed by atoms with van der Waals surface area (Å²) in [6.07, 6.45) is 13.6. The van der Waals surface area contributed by atoms with Crippen LogP contribution in [0.25, 0.3) is 0 Å². The zero-order chi connectivity index (χ0) is 88.9. The number of phenols is 6. The molecule has 27 heteroatoms. The van der Waals surface area contributed by atoms with E-state index < -0.39 is 63.4 Å². The first-order chi connectivity index (χ1) is 54.6. The maximum absolute atomic E-state index is 11.3. The largest absolute Gasteiger partial charge is 0.504 e. The van der Waals surface area contributed by atoms with E-state index in [9.17, 15) is 54.0 Å². The minimum Gasteiger partial charge on any atom is -0.504 e. The second kappa shape index (κ2) is 46.5. The zero-order valence-electron chi connectivity index (χ0n) is 69.5. The summed E-state index contributed by atoms with van der Waals surface area (Å²) in [6, 6.07) is 35.5. The van der Waals surface area contributed by atoms with Gasteiger partial charge in [-0.1, -0.05) is 127 Å². The first-order valence-corrected chi connectivity index (χ1v) is 36.4. The highest BCUT2D eigenvalue weighted by molar-refractivity contribution is 5.79. The molecule has 117 heavy (non-hydrogen) atoms. The lowest BCUT2D eigenvalue weighted by Gasteiger charge is -2.21. The third-order valence-corrected chi connectivity index (χ3v) is 16.7. The van der Waals surface area contributed by atoms with Crippen LogP contribution in [0.3, 0.4) is 0 Å². The topological polar surface area (TPSA) is 416 Å². The summed E-state index contributed by atoms with van der Waals surface area (Å²) in [6.45, 7) is 44.7. The quantitative estimate of drug-likeness (QED) is 0.00457. The molecule has 0 saturated heterocycles. The van der Waals surface area contributed by atoms with Gasteiger partial charge in [0.1, 0.15) is 0 Å². The minimum absolute atomic E-state index is 0.00384.